The molecule has 59 heavy (non-hydrogen) atoms. The van der Waals surface area contributed by atoms with Gasteiger partial charge in [-0.25, -0.2) is 0 Å². The fourth-order valence-electron chi connectivity index (χ4n) is 8.59. The van der Waals surface area contributed by atoms with Crippen LogP contribution >= 0.6 is 11.3 Å². The summed E-state index contributed by atoms with van der Waals surface area (Å²) < 4.78 is 3.42. The van der Waals surface area contributed by atoms with Gasteiger partial charge in [-0.15, -0.1) is 21.5 Å². The molecule has 4 aromatic heterocycles. The van der Waals surface area contributed by atoms with Gasteiger partial charge in [0.05, 0.1) is 16.7 Å². The van der Waals surface area contributed by atoms with Crippen molar-refractivity contribution >= 4 is 110 Å². The molecule has 0 aliphatic heterocycles. The minimum absolute atomic E-state index is 0.509. The van der Waals surface area contributed by atoms with E-state index in [1.165, 1.54) is 21.5 Å². The summed E-state index contributed by atoms with van der Waals surface area (Å²) in [5, 5.41) is 15.6. The number of anilines is 6. The monoisotopic (exact) mass is 775 g/mol. The number of hydrogen-bond acceptors (Lipinski definition) is 6. The van der Waals surface area contributed by atoms with Crippen LogP contribution < -0.4 is 9.80 Å². The van der Waals surface area contributed by atoms with Crippen molar-refractivity contribution in [2.24, 2.45) is 0 Å². The van der Waals surface area contributed by atoms with Crippen molar-refractivity contribution in [2.45, 2.75) is 0 Å². The lowest BCUT2D eigenvalue weighted by Gasteiger charge is -2.25. The zero-order valence-corrected chi connectivity index (χ0v) is 32.4. The van der Waals surface area contributed by atoms with E-state index in [0.717, 1.165) is 76.6 Å². The Morgan fingerprint density at radius 2 is 1.00 bits per heavy atom. The normalized spacial score (nSPS) is 11.7. The molecule has 278 valence electrons. The zero-order valence-electron chi connectivity index (χ0n) is 31.6. The molecule has 0 atom stereocenters. The number of thiophene rings is 1. The molecule has 0 amide bonds. The molecular formula is C51H33N7S. The Kier molecular flexibility index (Phi) is 7.57. The highest BCUT2D eigenvalue weighted by Gasteiger charge is 2.22. The van der Waals surface area contributed by atoms with Crippen LogP contribution in [0.1, 0.15) is 0 Å². The van der Waals surface area contributed by atoms with E-state index in [9.17, 15) is 0 Å². The number of nitrogens with zero attached hydrogens (tertiary/aromatic N) is 6. The maximum Gasteiger partial charge on any atom is 0.255 e. The number of fused-ring (bicyclic) bond motifs is 9. The predicted molar refractivity (Wildman–Crippen MR) is 246 cm³/mol. The lowest BCUT2D eigenvalue weighted by atomic mass is 10.1. The van der Waals surface area contributed by atoms with Crippen molar-refractivity contribution in [3.63, 3.8) is 0 Å². The maximum absolute atomic E-state index is 5.26. The summed E-state index contributed by atoms with van der Waals surface area (Å²) in [6, 6.07) is 68.3. The first-order chi connectivity index (χ1) is 29.2. The van der Waals surface area contributed by atoms with E-state index < -0.39 is 0 Å². The van der Waals surface area contributed by atoms with Crippen LogP contribution in [-0.4, -0.2) is 24.7 Å². The van der Waals surface area contributed by atoms with Gasteiger partial charge >= 0.3 is 0 Å². The van der Waals surface area contributed by atoms with Gasteiger partial charge in [-0.1, -0.05) is 103 Å². The van der Waals surface area contributed by atoms with Gasteiger partial charge in [0, 0.05) is 71.1 Å². The molecule has 0 unspecified atom stereocenters. The SMILES string of the molecule is c1ccc(N(c2ccc3c(c2)[nH]c2ccccc23)c2ccc3c(c2)sc2nc(N(c4ccccc4)c4ccc5c6ccccc6n(-c6ccccc6)c5c4)nnc23)cc1. The first-order valence-electron chi connectivity index (χ1n) is 19.6. The number of nitrogens with one attached hydrogen (secondary N) is 1. The molecule has 0 bridgehead atoms. The molecule has 0 aliphatic rings. The highest BCUT2D eigenvalue weighted by atomic mass is 32.1. The standard InChI is InChI=1S/C51H33N7S/c1-4-14-33(15-5-1)56(36-24-27-40-39-20-10-12-22-44(39)52-45(40)30-36)38-26-29-43-48(32-38)59-50-49(43)54-55-51(53-50)57(34-16-6-2-7-17-34)37-25-28-42-41-21-11-13-23-46(41)58(47(42)31-37)35-18-8-3-9-19-35/h1-32,52H. The van der Waals surface area contributed by atoms with E-state index in [-0.39, 0.29) is 0 Å². The van der Waals surface area contributed by atoms with E-state index in [0.29, 0.717) is 5.95 Å². The van der Waals surface area contributed by atoms with E-state index in [1.807, 2.05) is 18.2 Å². The fraction of sp³-hybridized carbons (Fsp3) is 0. The Balaban J connectivity index is 0.991. The second-order valence-corrected chi connectivity index (χ2v) is 15.7. The van der Waals surface area contributed by atoms with Crippen molar-refractivity contribution in [3.05, 3.63) is 194 Å². The summed E-state index contributed by atoms with van der Waals surface area (Å²) in [6.07, 6.45) is 0. The predicted octanol–water partition coefficient (Wildman–Crippen LogP) is 13.9. The maximum atomic E-state index is 5.26. The Labute approximate surface area is 342 Å². The molecule has 1 N–H and O–H groups in total. The van der Waals surface area contributed by atoms with Crippen LogP contribution in [0.5, 0.6) is 0 Å². The number of benzene rings is 8. The van der Waals surface area contributed by atoms with Crippen LogP contribution in [-0.2, 0) is 0 Å². The van der Waals surface area contributed by atoms with Crippen molar-refractivity contribution in [1.29, 1.82) is 0 Å². The largest absolute Gasteiger partial charge is 0.354 e. The summed E-state index contributed by atoms with van der Waals surface area (Å²) in [5.41, 5.74) is 11.5. The van der Waals surface area contributed by atoms with E-state index in [1.54, 1.807) is 11.3 Å². The number of H-pyrrole nitrogens is 1. The Morgan fingerprint density at radius 1 is 0.424 bits per heavy atom. The molecule has 8 aromatic carbocycles. The first kappa shape index (κ1) is 33.3. The van der Waals surface area contributed by atoms with Gasteiger partial charge in [0.15, 0.2) is 0 Å². The minimum atomic E-state index is 0.509. The highest BCUT2D eigenvalue weighted by molar-refractivity contribution is 7.25. The first-order valence-corrected chi connectivity index (χ1v) is 20.4. The van der Waals surface area contributed by atoms with Crippen molar-refractivity contribution in [1.82, 2.24) is 24.7 Å². The topological polar surface area (TPSA) is 65.9 Å². The molecule has 0 radical (unpaired) electrons. The number of rotatable bonds is 7. The lowest BCUT2D eigenvalue weighted by Crippen LogP contribution is -2.14. The van der Waals surface area contributed by atoms with E-state index in [4.69, 9.17) is 15.2 Å². The molecule has 7 nitrogen and oxygen atoms in total. The third-order valence-corrected chi connectivity index (χ3v) is 12.3. The molecule has 8 heteroatoms. The average molecular weight is 776 g/mol. The molecule has 12 aromatic rings. The van der Waals surface area contributed by atoms with Gasteiger partial charge in [-0.05, 0) is 91.0 Å². The molecule has 0 fully saturated rings. The van der Waals surface area contributed by atoms with Crippen LogP contribution in [0.25, 0.3) is 69.7 Å². The summed E-state index contributed by atoms with van der Waals surface area (Å²) in [5.74, 6) is 0.509. The van der Waals surface area contributed by atoms with Crippen LogP contribution in [0.2, 0.25) is 0 Å². The molecule has 0 spiro atoms. The Hall–Kier alpha value is -7.81. The summed E-state index contributed by atoms with van der Waals surface area (Å²) in [7, 11) is 0. The van der Waals surface area contributed by atoms with Crippen LogP contribution in [0.15, 0.2) is 194 Å². The van der Waals surface area contributed by atoms with E-state index in [2.05, 4.69) is 195 Å². The minimum Gasteiger partial charge on any atom is -0.354 e. The number of hydrogen-bond donors (Lipinski definition) is 1. The third kappa shape index (κ3) is 5.45. The molecule has 0 saturated carbocycles. The highest BCUT2D eigenvalue weighted by Crippen LogP contribution is 2.43. The van der Waals surface area contributed by atoms with Gasteiger partial charge in [0.1, 0.15) is 10.3 Å². The summed E-state index contributed by atoms with van der Waals surface area (Å²) in [4.78, 5) is 14.1. The van der Waals surface area contributed by atoms with Gasteiger partial charge < -0.3 is 14.5 Å². The molecule has 0 aliphatic carbocycles. The Bertz CT molecular complexity index is 3520. The van der Waals surface area contributed by atoms with Crippen LogP contribution in [0.4, 0.5) is 34.4 Å². The zero-order chi connectivity index (χ0) is 38.9. The van der Waals surface area contributed by atoms with Crippen molar-refractivity contribution in [2.75, 3.05) is 9.80 Å². The van der Waals surface area contributed by atoms with E-state index >= 15 is 0 Å². The summed E-state index contributed by atoms with van der Waals surface area (Å²) in [6.45, 7) is 0. The molecule has 0 saturated heterocycles. The summed E-state index contributed by atoms with van der Waals surface area (Å²) >= 11 is 1.64. The molecular weight excluding hydrogens is 743 g/mol. The van der Waals surface area contributed by atoms with Crippen LogP contribution in [0.3, 0.4) is 0 Å². The van der Waals surface area contributed by atoms with Crippen molar-refractivity contribution < 1.29 is 0 Å². The average Bonchev–Trinajstić information content (AvgIpc) is 3.96. The van der Waals surface area contributed by atoms with Crippen LogP contribution in [0, 0.1) is 0 Å². The Morgan fingerprint density at radius 3 is 1.78 bits per heavy atom. The number of aromatic nitrogens is 5. The number of aromatic amines is 1. The third-order valence-electron chi connectivity index (χ3n) is 11.2. The quantitative estimate of drug-likeness (QED) is 0.175. The lowest BCUT2D eigenvalue weighted by molar-refractivity contribution is 0.994. The van der Waals surface area contributed by atoms with Gasteiger partial charge in [0.25, 0.3) is 5.95 Å². The molecule has 4 heterocycles. The number of para-hydroxylation sites is 5. The molecule has 12 rings (SSSR count). The fourth-order valence-corrected chi connectivity index (χ4v) is 9.63. The second kappa shape index (κ2) is 13.4. The second-order valence-electron chi connectivity index (χ2n) is 14.7. The van der Waals surface area contributed by atoms with Crippen molar-refractivity contribution in [3.8, 4) is 5.69 Å². The smallest absolute Gasteiger partial charge is 0.255 e. The van der Waals surface area contributed by atoms with Gasteiger partial charge in [-0.2, -0.15) is 4.98 Å². The van der Waals surface area contributed by atoms with Gasteiger partial charge in [0.2, 0.25) is 0 Å². The van der Waals surface area contributed by atoms with Gasteiger partial charge in [-0.3, -0.25) is 4.90 Å².